The minimum Gasteiger partial charge on any atom is -0.320 e. The summed E-state index contributed by atoms with van der Waals surface area (Å²) >= 11 is 0. The molecule has 1 amide bonds. The average molecular weight is 241 g/mol. The second kappa shape index (κ2) is 4.25. The van der Waals surface area contributed by atoms with Crippen LogP contribution < -0.4 is 16.2 Å². The van der Waals surface area contributed by atoms with Crippen LogP contribution in [0.2, 0.25) is 0 Å². The van der Waals surface area contributed by atoms with Gasteiger partial charge in [-0.05, 0) is 24.3 Å². The van der Waals surface area contributed by atoms with Crippen molar-refractivity contribution in [2.75, 3.05) is 5.32 Å². The summed E-state index contributed by atoms with van der Waals surface area (Å²) in [4.78, 5) is 16.1. The Morgan fingerprint density at radius 3 is 3.17 bits per heavy atom. The number of carbonyl (C=O) groups excluding carboxylic acids is 1. The summed E-state index contributed by atoms with van der Waals surface area (Å²) in [5, 5.41) is 4.45. The van der Waals surface area contributed by atoms with Crippen LogP contribution in [0.15, 0.2) is 60.3 Å². The molecule has 90 valence electrons. The number of fused-ring (bicyclic) bond motifs is 1. The van der Waals surface area contributed by atoms with Crippen LogP contribution in [0.3, 0.4) is 0 Å². The van der Waals surface area contributed by atoms with Gasteiger partial charge in [0, 0.05) is 18.6 Å². The summed E-state index contributed by atoms with van der Waals surface area (Å²) in [7, 11) is 0. The third kappa shape index (κ3) is 1.80. The van der Waals surface area contributed by atoms with E-state index in [4.69, 9.17) is 0 Å². The molecule has 0 aliphatic carbocycles. The number of hydrazine groups is 2. The van der Waals surface area contributed by atoms with Gasteiger partial charge in [-0.2, -0.15) is 5.12 Å². The molecule has 2 aliphatic rings. The fraction of sp³-hybridized carbons (Fsp3) is 0. The molecule has 3 N–H and O–H groups in total. The molecular weight excluding hydrogens is 230 g/mol. The third-order valence-electron chi connectivity index (χ3n) is 2.57. The van der Waals surface area contributed by atoms with E-state index in [0.717, 1.165) is 5.70 Å². The van der Waals surface area contributed by atoms with Crippen molar-refractivity contribution < 1.29 is 4.79 Å². The highest BCUT2D eigenvalue weighted by Crippen LogP contribution is 2.21. The third-order valence-corrected chi connectivity index (χ3v) is 2.57. The lowest BCUT2D eigenvalue weighted by Crippen LogP contribution is -2.40. The molecule has 0 saturated heterocycles. The summed E-state index contributed by atoms with van der Waals surface area (Å²) in [5.41, 5.74) is 7.91. The van der Waals surface area contributed by atoms with Crippen LogP contribution in [0.4, 0.5) is 5.69 Å². The number of hydrogen-bond donors (Lipinski definition) is 3. The second-order valence-corrected chi connectivity index (χ2v) is 3.76. The van der Waals surface area contributed by atoms with E-state index in [1.807, 2.05) is 12.2 Å². The summed E-state index contributed by atoms with van der Waals surface area (Å²) < 4.78 is 0. The fourth-order valence-electron chi connectivity index (χ4n) is 1.74. The number of pyridine rings is 1. The molecule has 0 atom stereocenters. The lowest BCUT2D eigenvalue weighted by Gasteiger charge is -2.22. The molecule has 6 heteroatoms. The molecule has 2 aliphatic heterocycles. The largest absolute Gasteiger partial charge is 0.320 e. The van der Waals surface area contributed by atoms with Crippen LogP contribution in [-0.2, 0) is 4.79 Å². The van der Waals surface area contributed by atoms with Gasteiger partial charge in [0.25, 0.3) is 5.91 Å². The van der Waals surface area contributed by atoms with E-state index < -0.39 is 0 Å². The van der Waals surface area contributed by atoms with Crippen molar-refractivity contribution in [2.45, 2.75) is 0 Å². The molecule has 0 radical (unpaired) electrons. The number of allylic oxidation sites excluding steroid dienone is 2. The Bertz CT molecular complexity index is 561. The van der Waals surface area contributed by atoms with Gasteiger partial charge in [0.1, 0.15) is 0 Å². The Morgan fingerprint density at radius 2 is 2.33 bits per heavy atom. The van der Waals surface area contributed by atoms with Gasteiger partial charge < -0.3 is 5.32 Å². The number of hydrogen-bond acceptors (Lipinski definition) is 5. The van der Waals surface area contributed by atoms with Crippen molar-refractivity contribution in [1.29, 1.82) is 0 Å². The maximum atomic E-state index is 12.1. The summed E-state index contributed by atoms with van der Waals surface area (Å²) in [5.74, 6) is -0.179. The molecule has 0 fully saturated rings. The lowest BCUT2D eigenvalue weighted by molar-refractivity contribution is -0.112. The first kappa shape index (κ1) is 10.4. The molecule has 0 bridgehead atoms. The van der Waals surface area contributed by atoms with Crippen molar-refractivity contribution in [2.24, 2.45) is 0 Å². The number of carbonyl (C=O) groups is 1. The van der Waals surface area contributed by atoms with Gasteiger partial charge in [0.2, 0.25) is 0 Å². The number of amides is 1. The number of aromatic nitrogens is 1. The van der Waals surface area contributed by atoms with Crippen molar-refractivity contribution in [3.05, 3.63) is 60.3 Å². The first-order chi connectivity index (χ1) is 8.84. The number of rotatable bonds is 2. The fourth-order valence-corrected chi connectivity index (χ4v) is 1.74. The zero-order chi connectivity index (χ0) is 12.4. The Morgan fingerprint density at radius 1 is 1.39 bits per heavy atom. The molecule has 1 aromatic rings. The summed E-state index contributed by atoms with van der Waals surface area (Å²) in [6, 6.07) is 3.56. The van der Waals surface area contributed by atoms with Crippen molar-refractivity contribution >= 4 is 11.6 Å². The molecule has 3 rings (SSSR count). The zero-order valence-electron chi connectivity index (χ0n) is 9.42. The van der Waals surface area contributed by atoms with Crippen LogP contribution >= 0.6 is 0 Å². The van der Waals surface area contributed by atoms with E-state index in [-0.39, 0.29) is 5.91 Å². The van der Waals surface area contributed by atoms with Crippen LogP contribution in [-0.4, -0.2) is 16.0 Å². The van der Waals surface area contributed by atoms with Gasteiger partial charge in [0.15, 0.2) is 0 Å². The first-order valence-electron chi connectivity index (χ1n) is 5.46. The van der Waals surface area contributed by atoms with E-state index in [2.05, 4.69) is 21.2 Å². The monoisotopic (exact) mass is 241 g/mol. The van der Waals surface area contributed by atoms with E-state index in [1.165, 1.54) is 0 Å². The predicted octanol–water partition coefficient (Wildman–Crippen LogP) is 0.640. The minimum atomic E-state index is -0.179. The highest BCUT2D eigenvalue weighted by Gasteiger charge is 2.25. The highest BCUT2D eigenvalue weighted by atomic mass is 16.1. The maximum Gasteiger partial charge on any atom is 0.259 e. The number of anilines is 1. The van der Waals surface area contributed by atoms with Gasteiger partial charge >= 0.3 is 0 Å². The van der Waals surface area contributed by atoms with Crippen molar-refractivity contribution in [3.63, 3.8) is 0 Å². The summed E-state index contributed by atoms with van der Waals surface area (Å²) in [6.45, 7) is 0. The van der Waals surface area contributed by atoms with Crippen LogP contribution in [0.1, 0.15) is 0 Å². The predicted molar refractivity (Wildman–Crippen MR) is 66.3 cm³/mol. The van der Waals surface area contributed by atoms with Crippen LogP contribution in [0, 0.1) is 0 Å². The average Bonchev–Trinajstić information content (AvgIpc) is 2.84. The lowest BCUT2D eigenvalue weighted by atomic mass is 10.2. The first-order valence-corrected chi connectivity index (χ1v) is 5.46. The van der Waals surface area contributed by atoms with Gasteiger partial charge in [-0.3, -0.25) is 20.6 Å². The minimum absolute atomic E-state index is 0.179. The quantitative estimate of drug-likeness (QED) is 0.709. The normalized spacial score (nSPS) is 16.1. The smallest absolute Gasteiger partial charge is 0.259 e. The molecule has 18 heavy (non-hydrogen) atoms. The molecule has 1 aromatic heterocycles. The molecule has 6 nitrogen and oxygen atoms in total. The Kier molecular flexibility index (Phi) is 2.45. The molecule has 0 aromatic carbocycles. The molecular formula is C12H11N5O. The Balaban J connectivity index is 1.78. The van der Waals surface area contributed by atoms with Crippen molar-refractivity contribution in [3.8, 4) is 0 Å². The number of nitrogens with one attached hydrogen (secondary N) is 3. The van der Waals surface area contributed by atoms with E-state index in [1.54, 1.807) is 42.0 Å². The van der Waals surface area contributed by atoms with Gasteiger partial charge in [0.05, 0.1) is 23.2 Å². The van der Waals surface area contributed by atoms with Crippen molar-refractivity contribution in [1.82, 2.24) is 21.0 Å². The zero-order valence-corrected chi connectivity index (χ0v) is 9.42. The van der Waals surface area contributed by atoms with E-state index in [0.29, 0.717) is 11.3 Å². The van der Waals surface area contributed by atoms with Gasteiger partial charge in [-0.1, -0.05) is 0 Å². The molecule has 0 spiro atoms. The van der Waals surface area contributed by atoms with E-state index in [9.17, 15) is 4.79 Å². The highest BCUT2D eigenvalue weighted by molar-refractivity contribution is 6.07. The Labute approximate surface area is 104 Å². The molecule has 3 heterocycles. The second-order valence-electron chi connectivity index (χ2n) is 3.76. The van der Waals surface area contributed by atoms with Gasteiger partial charge in [-0.25, -0.2) is 0 Å². The van der Waals surface area contributed by atoms with E-state index >= 15 is 0 Å². The summed E-state index contributed by atoms with van der Waals surface area (Å²) in [6.07, 6.45) is 10.4. The molecule has 0 unspecified atom stereocenters. The number of nitrogens with zero attached hydrogens (tertiary/aromatic N) is 2. The maximum absolute atomic E-state index is 12.1. The van der Waals surface area contributed by atoms with Crippen LogP contribution in [0.25, 0.3) is 0 Å². The SMILES string of the molecule is O=C(Nc1cccnc1)C1=CNN2NC=CC=C12. The van der Waals surface area contributed by atoms with Gasteiger partial charge in [-0.15, -0.1) is 0 Å². The topological polar surface area (TPSA) is 69.3 Å². The molecule has 0 saturated carbocycles. The Hall–Kier alpha value is -2.76. The van der Waals surface area contributed by atoms with Crippen LogP contribution in [0.5, 0.6) is 0 Å². The standard InChI is InChI=1S/C12H11N5O/c18-12(16-9-3-1-5-13-7-9)10-8-15-17-11(10)4-2-6-14-17/h1-8,14-15H,(H,16,18).